The molecule has 27 heavy (non-hydrogen) atoms. The Balaban J connectivity index is 2.09. The summed E-state index contributed by atoms with van der Waals surface area (Å²) in [5, 5.41) is 13.9. The van der Waals surface area contributed by atoms with Crippen LogP contribution in [-0.4, -0.2) is 37.4 Å². The number of hydrogen-bond acceptors (Lipinski definition) is 7. The number of pyridine rings is 1. The number of rotatable bonds is 7. The number of sulfone groups is 1. The summed E-state index contributed by atoms with van der Waals surface area (Å²) in [4.78, 5) is 14.0. The maximum Gasteiger partial charge on any atom is 0.422 e. The van der Waals surface area contributed by atoms with Crippen LogP contribution < -0.4 is 10.1 Å². The molecule has 0 saturated carbocycles. The number of hydrogen-bond donors (Lipinski definition) is 1. The van der Waals surface area contributed by atoms with E-state index in [4.69, 9.17) is 0 Å². The van der Waals surface area contributed by atoms with Gasteiger partial charge < -0.3 is 10.1 Å². The summed E-state index contributed by atoms with van der Waals surface area (Å²) in [6.45, 7) is -1.39. The molecule has 0 saturated heterocycles. The Morgan fingerprint density at radius 3 is 2.48 bits per heavy atom. The van der Waals surface area contributed by atoms with E-state index >= 15 is 0 Å². The number of anilines is 1. The number of aromatic nitrogens is 1. The van der Waals surface area contributed by atoms with Gasteiger partial charge in [-0.05, 0) is 17.7 Å². The van der Waals surface area contributed by atoms with E-state index in [9.17, 15) is 31.7 Å². The van der Waals surface area contributed by atoms with E-state index in [0.717, 1.165) is 12.3 Å². The van der Waals surface area contributed by atoms with Gasteiger partial charge in [-0.15, -0.1) is 0 Å². The Labute approximate surface area is 152 Å². The van der Waals surface area contributed by atoms with Crippen molar-refractivity contribution in [1.29, 1.82) is 0 Å². The van der Waals surface area contributed by atoms with Crippen molar-refractivity contribution < 1.29 is 31.2 Å². The summed E-state index contributed by atoms with van der Waals surface area (Å²) in [7, 11) is -3.60. The lowest BCUT2D eigenvalue weighted by Crippen LogP contribution is -2.19. The summed E-state index contributed by atoms with van der Waals surface area (Å²) in [6.07, 6.45) is -2.28. The molecule has 1 aromatic carbocycles. The van der Waals surface area contributed by atoms with E-state index < -0.39 is 33.2 Å². The second kappa shape index (κ2) is 7.78. The van der Waals surface area contributed by atoms with Crippen molar-refractivity contribution in [1.82, 2.24) is 4.98 Å². The number of nitrogens with one attached hydrogen (secondary N) is 1. The zero-order valence-corrected chi connectivity index (χ0v) is 14.7. The Kier molecular flexibility index (Phi) is 5.88. The molecule has 0 aliphatic carbocycles. The van der Waals surface area contributed by atoms with Crippen LogP contribution >= 0.6 is 0 Å². The summed E-state index contributed by atoms with van der Waals surface area (Å²) in [5.74, 6) is -0.209. The van der Waals surface area contributed by atoms with Gasteiger partial charge in [0, 0.05) is 31.1 Å². The van der Waals surface area contributed by atoms with Crippen LogP contribution in [0.15, 0.2) is 41.4 Å². The molecule has 0 unspecified atom stereocenters. The quantitative estimate of drug-likeness (QED) is 0.557. The fourth-order valence-electron chi connectivity index (χ4n) is 2.00. The lowest BCUT2D eigenvalue weighted by Gasteiger charge is -2.10. The van der Waals surface area contributed by atoms with Gasteiger partial charge in [-0.2, -0.15) is 13.2 Å². The number of nitro groups is 1. The lowest BCUT2D eigenvalue weighted by atomic mass is 10.2. The molecule has 146 valence electrons. The largest absolute Gasteiger partial charge is 0.468 e. The molecular formula is C15H14F3N3O5S. The molecule has 0 radical (unpaired) electrons. The van der Waals surface area contributed by atoms with E-state index in [0.29, 0.717) is 5.56 Å². The SMILES string of the molecule is CS(=O)(=O)c1ccc(NCc2ccc(OCC(F)(F)F)nc2)c([N+](=O)[O-])c1. The molecule has 2 aromatic rings. The van der Waals surface area contributed by atoms with Crippen molar-refractivity contribution in [3.8, 4) is 5.88 Å². The average Bonchev–Trinajstić information content (AvgIpc) is 2.57. The van der Waals surface area contributed by atoms with Crippen LogP contribution in [0.4, 0.5) is 24.5 Å². The highest BCUT2D eigenvalue weighted by Crippen LogP contribution is 2.28. The predicted octanol–water partition coefficient (Wildman–Crippen LogP) is 2.95. The van der Waals surface area contributed by atoms with E-state index in [2.05, 4.69) is 15.0 Å². The minimum atomic E-state index is -4.47. The first-order valence-corrected chi connectivity index (χ1v) is 9.22. The van der Waals surface area contributed by atoms with Gasteiger partial charge in [0.15, 0.2) is 16.4 Å². The van der Waals surface area contributed by atoms with Gasteiger partial charge >= 0.3 is 6.18 Å². The standard InChI is InChI=1S/C15H14F3N3O5S/c1-27(24,25)11-3-4-12(13(6-11)21(22)23)19-7-10-2-5-14(20-8-10)26-9-15(16,17)18/h2-6,8,19H,7,9H2,1H3. The first-order chi connectivity index (χ1) is 12.5. The third-order valence-electron chi connectivity index (χ3n) is 3.26. The van der Waals surface area contributed by atoms with Crippen LogP contribution in [0.25, 0.3) is 0 Å². The Morgan fingerprint density at radius 1 is 1.26 bits per heavy atom. The molecule has 0 aliphatic heterocycles. The normalized spacial score (nSPS) is 11.9. The lowest BCUT2D eigenvalue weighted by molar-refractivity contribution is -0.384. The number of benzene rings is 1. The summed E-state index contributed by atoms with van der Waals surface area (Å²) < 4.78 is 63.7. The molecule has 0 spiro atoms. The highest BCUT2D eigenvalue weighted by Gasteiger charge is 2.28. The Hall–Kier alpha value is -2.89. The van der Waals surface area contributed by atoms with Gasteiger partial charge in [0.25, 0.3) is 5.69 Å². The van der Waals surface area contributed by atoms with Gasteiger partial charge in [-0.3, -0.25) is 10.1 Å². The van der Waals surface area contributed by atoms with Crippen molar-refractivity contribution in [3.05, 3.63) is 52.2 Å². The van der Waals surface area contributed by atoms with Crippen LogP contribution in [-0.2, 0) is 16.4 Å². The third kappa shape index (κ3) is 6.09. The number of nitro benzene ring substituents is 1. The van der Waals surface area contributed by atoms with Crippen LogP contribution in [0.3, 0.4) is 0 Å². The fourth-order valence-corrected chi connectivity index (χ4v) is 2.64. The molecule has 1 aromatic heterocycles. The van der Waals surface area contributed by atoms with E-state index in [1.54, 1.807) is 0 Å². The van der Waals surface area contributed by atoms with Crippen molar-refractivity contribution in [2.45, 2.75) is 17.6 Å². The first kappa shape index (κ1) is 20.4. The molecule has 12 heteroatoms. The van der Waals surface area contributed by atoms with Crippen molar-refractivity contribution in [3.63, 3.8) is 0 Å². The van der Waals surface area contributed by atoms with Crippen molar-refractivity contribution in [2.75, 3.05) is 18.2 Å². The highest BCUT2D eigenvalue weighted by molar-refractivity contribution is 7.90. The zero-order valence-electron chi connectivity index (χ0n) is 13.9. The highest BCUT2D eigenvalue weighted by atomic mass is 32.2. The van der Waals surface area contributed by atoms with Crippen LogP contribution in [0.5, 0.6) is 5.88 Å². The molecule has 1 heterocycles. The van der Waals surface area contributed by atoms with Gasteiger partial charge in [-0.25, -0.2) is 13.4 Å². The molecule has 0 bridgehead atoms. The smallest absolute Gasteiger partial charge is 0.422 e. The van der Waals surface area contributed by atoms with Crippen LogP contribution in [0.2, 0.25) is 0 Å². The number of nitrogens with zero attached hydrogens (tertiary/aromatic N) is 2. The molecule has 2 rings (SSSR count). The van der Waals surface area contributed by atoms with Gasteiger partial charge in [0.1, 0.15) is 5.69 Å². The average molecular weight is 405 g/mol. The minimum absolute atomic E-state index is 0.0750. The molecule has 0 aliphatic rings. The maximum atomic E-state index is 12.1. The molecular weight excluding hydrogens is 391 g/mol. The van der Waals surface area contributed by atoms with Crippen LogP contribution in [0, 0.1) is 10.1 Å². The minimum Gasteiger partial charge on any atom is -0.468 e. The van der Waals surface area contributed by atoms with Crippen molar-refractivity contribution >= 4 is 21.2 Å². The predicted molar refractivity (Wildman–Crippen MR) is 89.3 cm³/mol. The number of halogens is 3. The molecule has 0 amide bonds. The van der Waals surface area contributed by atoms with E-state index in [1.807, 2.05) is 0 Å². The summed E-state index contributed by atoms with van der Waals surface area (Å²) in [6, 6.07) is 6.13. The second-order valence-electron chi connectivity index (χ2n) is 5.47. The monoisotopic (exact) mass is 405 g/mol. The Morgan fingerprint density at radius 2 is 1.96 bits per heavy atom. The van der Waals surface area contributed by atoms with Gasteiger partial charge in [-0.1, -0.05) is 6.07 Å². The third-order valence-corrected chi connectivity index (χ3v) is 4.37. The first-order valence-electron chi connectivity index (χ1n) is 7.32. The molecule has 0 fully saturated rings. The van der Waals surface area contributed by atoms with Gasteiger partial charge in [0.05, 0.1) is 9.82 Å². The van der Waals surface area contributed by atoms with E-state index in [-0.39, 0.29) is 23.0 Å². The second-order valence-corrected chi connectivity index (χ2v) is 7.49. The fraction of sp³-hybridized carbons (Fsp3) is 0.267. The van der Waals surface area contributed by atoms with Crippen molar-refractivity contribution in [2.24, 2.45) is 0 Å². The summed E-state index contributed by atoms with van der Waals surface area (Å²) >= 11 is 0. The number of ether oxygens (including phenoxy) is 1. The summed E-state index contributed by atoms with van der Waals surface area (Å²) in [5.41, 5.74) is 0.191. The topological polar surface area (TPSA) is 111 Å². The maximum absolute atomic E-state index is 12.1. The Bertz CT molecular complexity index is 931. The number of alkyl halides is 3. The molecule has 8 nitrogen and oxygen atoms in total. The molecule has 1 N–H and O–H groups in total. The van der Waals surface area contributed by atoms with Crippen LogP contribution in [0.1, 0.15) is 5.56 Å². The zero-order chi connectivity index (χ0) is 20.2. The van der Waals surface area contributed by atoms with Gasteiger partial charge in [0.2, 0.25) is 5.88 Å². The molecule has 0 atom stereocenters. The van der Waals surface area contributed by atoms with E-state index in [1.165, 1.54) is 30.5 Å².